The summed E-state index contributed by atoms with van der Waals surface area (Å²) in [6.07, 6.45) is 0. The van der Waals surface area contributed by atoms with Crippen LogP contribution in [0.3, 0.4) is 0 Å². The molecular weight excluding hydrogens is 126 g/mol. The van der Waals surface area contributed by atoms with E-state index < -0.39 is 0 Å². The first-order valence-corrected chi connectivity index (χ1v) is 4.22. The highest BCUT2D eigenvalue weighted by Gasteiger charge is 2.53. The second kappa shape index (κ2) is 2.51. The summed E-state index contributed by atoms with van der Waals surface area (Å²) in [5.41, 5.74) is 0. The van der Waals surface area contributed by atoms with E-state index in [0.717, 1.165) is 37.5 Å². The monoisotopic (exact) mass is 141 g/mol. The lowest BCUT2D eigenvalue weighted by atomic mass is 10.3. The normalized spacial score (nSPS) is 43.5. The van der Waals surface area contributed by atoms with Crippen LogP contribution in [0.25, 0.3) is 0 Å². The molecule has 1 saturated heterocycles. The van der Waals surface area contributed by atoms with E-state index in [1.165, 1.54) is 6.54 Å². The number of hydrogen-bond acceptors (Lipinski definition) is 2. The minimum absolute atomic E-state index is 0.916. The molecule has 0 amide bonds. The molecule has 10 heavy (non-hydrogen) atoms. The van der Waals surface area contributed by atoms with E-state index in [1.54, 1.807) is 0 Å². The number of ether oxygens (including phenoxy) is 1. The standard InChI is InChI=1S/C8H15NO/c1-2-9-3-6-7-4-10-5-8(6)7/h6-9H,2-5H2,1H3. The van der Waals surface area contributed by atoms with Crippen molar-refractivity contribution >= 4 is 0 Å². The van der Waals surface area contributed by atoms with Crippen LogP contribution in [0.1, 0.15) is 6.92 Å². The molecule has 0 aromatic heterocycles. The van der Waals surface area contributed by atoms with Crippen LogP contribution in [0.2, 0.25) is 0 Å². The average Bonchev–Trinajstić information content (AvgIpc) is 2.46. The summed E-state index contributed by atoms with van der Waals surface area (Å²) in [5.74, 6) is 2.78. The summed E-state index contributed by atoms with van der Waals surface area (Å²) in [4.78, 5) is 0. The Morgan fingerprint density at radius 1 is 1.40 bits per heavy atom. The van der Waals surface area contributed by atoms with Gasteiger partial charge in [0.1, 0.15) is 0 Å². The van der Waals surface area contributed by atoms with Crippen LogP contribution in [-0.2, 0) is 4.74 Å². The van der Waals surface area contributed by atoms with Crippen LogP contribution < -0.4 is 5.32 Å². The second-order valence-corrected chi connectivity index (χ2v) is 3.34. The lowest BCUT2D eigenvalue weighted by Gasteiger charge is -2.03. The molecule has 0 bridgehead atoms. The molecule has 1 N–H and O–H groups in total. The predicted octanol–water partition coefficient (Wildman–Crippen LogP) is 0.488. The van der Waals surface area contributed by atoms with Crippen molar-refractivity contribution in [3.05, 3.63) is 0 Å². The van der Waals surface area contributed by atoms with E-state index >= 15 is 0 Å². The lowest BCUT2D eigenvalue weighted by Crippen LogP contribution is -2.18. The minimum atomic E-state index is 0.916. The first-order valence-electron chi connectivity index (χ1n) is 4.22. The number of nitrogens with one attached hydrogen (secondary N) is 1. The van der Waals surface area contributed by atoms with Crippen LogP contribution in [0.15, 0.2) is 0 Å². The molecule has 1 heterocycles. The molecule has 2 fully saturated rings. The van der Waals surface area contributed by atoms with Gasteiger partial charge in [-0.25, -0.2) is 0 Å². The van der Waals surface area contributed by atoms with Crippen LogP contribution in [0.5, 0.6) is 0 Å². The van der Waals surface area contributed by atoms with Gasteiger partial charge in [-0.1, -0.05) is 6.92 Å². The maximum Gasteiger partial charge on any atom is 0.0501 e. The lowest BCUT2D eigenvalue weighted by molar-refractivity contribution is 0.151. The van der Waals surface area contributed by atoms with Crippen molar-refractivity contribution in [3.63, 3.8) is 0 Å². The van der Waals surface area contributed by atoms with Gasteiger partial charge in [0.05, 0.1) is 13.2 Å². The third-order valence-corrected chi connectivity index (χ3v) is 2.76. The Hall–Kier alpha value is -0.0800. The Labute approximate surface area is 61.9 Å². The summed E-state index contributed by atoms with van der Waals surface area (Å²) < 4.78 is 5.29. The molecule has 2 aliphatic rings. The summed E-state index contributed by atoms with van der Waals surface area (Å²) in [6.45, 7) is 6.54. The van der Waals surface area contributed by atoms with E-state index in [1.807, 2.05) is 0 Å². The molecule has 58 valence electrons. The number of rotatable bonds is 3. The summed E-state index contributed by atoms with van der Waals surface area (Å²) in [6, 6.07) is 0. The van der Waals surface area contributed by atoms with Crippen molar-refractivity contribution in [2.45, 2.75) is 6.92 Å². The zero-order valence-corrected chi connectivity index (χ0v) is 6.47. The first-order chi connectivity index (χ1) is 4.93. The maximum absolute atomic E-state index is 5.29. The summed E-state index contributed by atoms with van der Waals surface area (Å²) in [5, 5.41) is 3.38. The molecule has 1 aliphatic carbocycles. The highest BCUT2D eigenvalue weighted by atomic mass is 16.5. The largest absolute Gasteiger partial charge is 0.381 e. The fourth-order valence-electron chi connectivity index (χ4n) is 1.97. The van der Waals surface area contributed by atoms with E-state index in [0.29, 0.717) is 0 Å². The van der Waals surface area contributed by atoms with Crippen molar-refractivity contribution in [2.24, 2.45) is 17.8 Å². The van der Waals surface area contributed by atoms with Gasteiger partial charge in [0, 0.05) is 0 Å². The molecule has 1 saturated carbocycles. The van der Waals surface area contributed by atoms with Gasteiger partial charge < -0.3 is 10.1 Å². The van der Waals surface area contributed by atoms with Crippen molar-refractivity contribution < 1.29 is 4.74 Å². The second-order valence-electron chi connectivity index (χ2n) is 3.34. The Balaban J connectivity index is 1.69. The molecule has 0 aromatic carbocycles. The van der Waals surface area contributed by atoms with E-state index in [9.17, 15) is 0 Å². The zero-order valence-electron chi connectivity index (χ0n) is 6.47. The third-order valence-electron chi connectivity index (χ3n) is 2.76. The minimum Gasteiger partial charge on any atom is -0.381 e. The topological polar surface area (TPSA) is 21.3 Å². The molecular formula is C8H15NO. The van der Waals surface area contributed by atoms with Gasteiger partial charge in [-0.05, 0) is 30.8 Å². The molecule has 2 unspecified atom stereocenters. The highest BCUT2D eigenvalue weighted by molar-refractivity contribution is 5.00. The Bertz CT molecular complexity index is 116. The highest BCUT2D eigenvalue weighted by Crippen LogP contribution is 2.49. The van der Waals surface area contributed by atoms with Crippen LogP contribution in [0, 0.1) is 17.8 Å². The van der Waals surface area contributed by atoms with Gasteiger partial charge in [0.2, 0.25) is 0 Å². The predicted molar refractivity (Wildman–Crippen MR) is 39.8 cm³/mol. The molecule has 2 rings (SSSR count). The van der Waals surface area contributed by atoms with Crippen LogP contribution in [0.4, 0.5) is 0 Å². The Kier molecular flexibility index (Phi) is 1.66. The SMILES string of the molecule is CCNCC1C2COCC12. The van der Waals surface area contributed by atoms with Crippen LogP contribution in [-0.4, -0.2) is 26.3 Å². The Morgan fingerprint density at radius 2 is 2.10 bits per heavy atom. The van der Waals surface area contributed by atoms with Gasteiger partial charge in [-0.2, -0.15) is 0 Å². The Morgan fingerprint density at radius 3 is 2.70 bits per heavy atom. The van der Waals surface area contributed by atoms with Gasteiger partial charge in [-0.3, -0.25) is 0 Å². The van der Waals surface area contributed by atoms with Gasteiger partial charge in [0.15, 0.2) is 0 Å². The number of hydrogen-bond donors (Lipinski definition) is 1. The molecule has 0 spiro atoms. The molecule has 2 atom stereocenters. The molecule has 0 radical (unpaired) electrons. The number of fused-ring (bicyclic) bond motifs is 1. The van der Waals surface area contributed by atoms with Gasteiger partial charge >= 0.3 is 0 Å². The average molecular weight is 141 g/mol. The van der Waals surface area contributed by atoms with Gasteiger partial charge in [0.25, 0.3) is 0 Å². The smallest absolute Gasteiger partial charge is 0.0501 e. The zero-order chi connectivity index (χ0) is 6.97. The summed E-state index contributed by atoms with van der Waals surface area (Å²) >= 11 is 0. The third kappa shape index (κ3) is 0.956. The van der Waals surface area contributed by atoms with Crippen molar-refractivity contribution in [2.75, 3.05) is 26.3 Å². The van der Waals surface area contributed by atoms with Crippen molar-refractivity contribution in [3.8, 4) is 0 Å². The molecule has 2 heteroatoms. The molecule has 0 aromatic rings. The quantitative estimate of drug-likeness (QED) is 0.617. The molecule has 2 nitrogen and oxygen atoms in total. The summed E-state index contributed by atoms with van der Waals surface area (Å²) in [7, 11) is 0. The molecule has 1 aliphatic heterocycles. The van der Waals surface area contributed by atoms with Crippen LogP contribution >= 0.6 is 0 Å². The fraction of sp³-hybridized carbons (Fsp3) is 1.00. The van der Waals surface area contributed by atoms with E-state index in [2.05, 4.69) is 12.2 Å². The van der Waals surface area contributed by atoms with E-state index in [4.69, 9.17) is 4.74 Å². The maximum atomic E-state index is 5.29. The van der Waals surface area contributed by atoms with Crippen molar-refractivity contribution in [1.82, 2.24) is 5.32 Å². The fourth-order valence-corrected chi connectivity index (χ4v) is 1.97. The van der Waals surface area contributed by atoms with Gasteiger partial charge in [-0.15, -0.1) is 0 Å². The van der Waals surface area contributed by atoms with E-state index in [-0.39, 0.29) is 0 Å². The van der Waals surface area contributed by atoms with Crippen molar-refractivity contribution in [1.29, 1.82) is 0 Å². The first kappa shape index (κ1) is 6.62.